The van der Waals surface area contributed by atoms with E-state index in [1.807, 2.05) is 29.3 Å². The van der Waals surface area contributed by atoms with Crippen molar-refractivity contribution in [3.63, 3.8) is 0 Å². The maximum Gasteiger partial charge on any atom is 0.230 e. The fourth-order valence-electron chi connectivity index (χ4n) is 3.21. The molecule has 2 heterocycles. The zero-order valence-electron chi connectivity index (χ0n) is 14.2. The average molecular weight is 355 g/mol. The highest BCUT2D eigenvalue weighted by atomic mass is 32.1. The van der Waals surface area contributed by atoms with Gasteiger partial charge in [0.25, 0.3) is 0 Å². The van der Waals surface area contributed by atoms with Gasteiger partial charge in [0.1, 0.15) is 0 Å². The van der Waals surface area contributed by atoms with E-state index in [1.165, 1.54) is 16.9 Å². The predicted molar refractivity (Wildman–Crippen MR) is 99.9 cm³/mol. The van der Waals surface area contributed by atoms with Crippen LogP contribution in [-0.2, 0) is 16.0 Å². The number of aromatic nitrogens is 1. The van der Waals surface area contributed by atoms with Gasteiger partial charge in [-0.1, -0.05) is 13.0 Å². The predicted octanol–water partition coefficient (Wildman–Crippen LogP) is 3.85. The highest BCUT2D eigenvalue weighted by molar-refractivity contribution is 7.14. The lowest BCUT2D eigenvalue weighted by Gasteiger charge is -2.17. The van der Waals surface area contributed by atoms with Crippen molar-refractivity contribution >= 4 is 34.0 Å². The number of nitrogens with zero attached hydrogens (tertiary/aromatic N) is 2. The first kappa shape index (κ1) is 16.3. The van der Waals surface area contributed by atoms with Gasteiger partial charge in [0.05, 0.1) is 5.69 Å². The maximum atomic E-state index is 12.4. The summed E-state index contributed by atoms with van der Waals surface area (Å²) in [6.45, 7) is 2.76. The highest BCUT2D eigenvalue weighted by Gasteiger charge is 2.36. The van der Waals surface area contributed by atoms with Crippen LogP contribution in [0.4, 0.5) is 10.8 Å². The Morgan fingerprint density at radius 2 is 2.20 bits per heavy atom. The Morgan fingerprint density at radius 3 is 2.96 bits per heavy atom. The Morgan fingerprint density at radius 1 is 1.36 bits per heavy atom. The maximum absolute atomic E-state index is 12.4. The largest absolute Gasteiger partial charge is 0.312 e. The van der Waals surface area contributed by atoms with Crippen molar-refractivity contribution in [1.29, 1.82) is 0 Å². The quantitative estimate of drug-likeness (QED) is 0.886. The summed E-state index contributed by atoms with van der Waals surface area (Å²) in [6, 6.07) is 6.18. The molecule has 1 aliphatic carbocycles. The van der Waals surface area contributed by atoms with E-state index >= 15 is 0 Å². The number of hydrogen-bond donors (Lipinski definition) is 1. The van der Waals surface area contributed by atoms with Crippen LogP contribution in [0.15, 0.2) is 23.6 Å². The van der Waals surface area contributed by atoms with Crippen LogP contribution in [0.2, 0.25) is 0 Å². The van der Waals surface area contributed by atoms with Gasteiger partial charge in [-0.3, -0.25) is 9.59 Å². The van der Waals surface area contributed by atoms with E-state index in [2.05, 4.69) is 16.4 Å². The highest BCUT2D eigenvalue weighted by Crippen LogP contribution is 2.38. The van der Waals surface area contributed by atoms with Gasteiger partial charge in [-0.2, -0.15) is 0 Å². The van der Waals surface area contributed by atoms with Gasteiger partial charge in [-0.15, -0.1) is 11.3 Å². The SMILES string of the molecule is CCCC(=O)Nc1nc(-c2ccc3c(c2)CCN3C(=O)C2CC2)cs1. The van der Waals surface area contributed by atoms with Crippen molar-refractivity contribution in [3.8, 4) is 11.3 Å². The van der Waals surface area contributed by atoms with Crippen molar-refractivity contribution in [1.82, 2.24) is 4.98 Å². The second kappa shape index (κ2) is 6.59. The molecule has 0 radical (unpaired) electrons. The Labute approximate surface area is 151 Å². The number of rotatable bonds is 5. The Hall–Kier alpha value is -2.21. The molecule has 2 aliphatic rings. The van der Waals surface area contributed by atoms with Crippen molar-refractivity contribution in [3.05, 3.63) is 29.1 Å². The van der Waals surface area contributed by atoms with Crippen LogP contribution in [0.3, 0.4) is 0 Å². The molecule has 0 atom stereocenters. The smallest absolute Gasteiger partial charge is 0.230 e. The number of hydrogen-bond acceptors (Lipinski definition) is 4. The monoisotopic (exact) mass is 355 g/mol. The third-order valence-electron chi connectivity index (χ3n) is 4.69. The fourth-order valence-corrected chi connectivity index (χ4v) is 3.95. The van der Waals surface area contributed by atoms with Gasteiger partial charge in [0.15, 0.2) is 5.13 Å². The first-order chi connectivity index (χ1) is 12.2. The number of benzene rings is 1. The van der Waals surface area contributed by atoms with E-state index in [0.29, 0.717) is 11.6 Å². The summed E-state index contributed by atoms with van der Waals surface area (Å²) < 4.78 is 0. The van der Waals surface area contributed by atoms with Gasteiger partial charge in [0, 0.05) is 35.5 Å². The van der Waals surface area contributed by atoms with Crippen molar-refractivity contribution in [2.45, 2.75) is 39.0 Å². The van der Waals surface area contributed by atoms with Crippen molar-refractivity contribution in [2.75, 3.05) is 16.8 Å². The third-order valence-corrected chi connectivity index (χ3v) is 5.45. The topological polar surface area (TPSA) is 62.3 Å². The van der Waals surface area contributed by atoms with E-state index < -0.39 is 0 Å². The van der Waals surface area contributed by atoms with Crippen LogP contribution in [0.25, 0.3) is 11.3 Å². The molecule has 0 bridgehead atoms. The lowest BCUT2D eigenvalue weighted by atomic mass is 10.1. The standard InChI is InChI=1S/C19H21N3O2S/c1-2-3-17(23)21-19-20-15(11-25-19)13-6-7-16-14(10-13)8-9-22(16)18(24)12-4-5-12/h6-7,10-12H,2-5,8-9H2,1H3,(H,20,21,23). The molecule has 0 saturated heterocycles. The minimum atomic E-state index is 0.00610. The van der Waals surface area contributed by atoms with Gasteiger partial charge >= 0.3 is 0 Å². The van der Waals surface area contributed by atoms with Crippen LogP contribution in [-0.4, -0.2) is 23.3 Å². The zero-order valence-corrected chi connectivity index (χ0v) is 15.1. The molecule has 1 saturated carbocycles. The van der Waals surface area contributed by atoms with Crippen molar-refractivity contribution < 1.29 is 9.59 Å². The van der Waals surface area contributed by atoms with E-state index in [-0.39, 0.29) is 17.7 Å². The lowest BCUT2D eigenvalue weighted by molar-refractivity contribution is -0.119. The average Bonchev–Trinajstić information content (AvgIpc) is 3.21. The van der Waals surface area contributed by atoms with Crippen LogP contribution in [0, 0.1) is 5.92 Å². The second-order valence-corrected chi connectivity index (χ2v) is 7.55. The first-order valence-electron chi connectivity index (χ1n) is 8.85. The minimum Gasteiger partial charge on any atom is -0.312 e. The van der Waals surface area contributed by atoms with Gasteiger partial charge in [0.2, 0.25) is 11.8 Å². The fraction of sp³-hybridized carbons (Fsp3) is 0.421. The van der Waals surface area contributed by atoms with Crippen LogP contribution in [0.1, 0.15) is 38.2 Å². The molecule has 0 spiro atoms. The van der Waals surface area contributed by atoms with Gasteiger partial charge in [-0.05, 0) is 43.4 Å². The number of nitrogens with one attached hydrogen (secondary N) is 1. The minimum absolute atomic E-state index is 0.00610. The molecule has 6 heteroatoms. The third kappa shape index (κ3) is 3.31. The summed E-state index contributed by atoms with van der Waals surface area (Å²) in [7, 11) is 0. The number of thiazole rings is 1. The van der Waals surface area contributed by atoms with Crippen LogP contribution in [0.5, 0.6) is 0 Å². The Balaban J connectivity index is 1.52. The van der Waals surface area contributed by atoms with Crippen molar-refractivity contribution in [2.24, 2.45) is 5.92 Å². The lowest BCUT2D eigenvalue weighted by Crippen LogP contribution is -2.30. The molecule has 1 fully saturated rings. The summed E-state index contributed by atoms with van der Waals surface area (Å²) in [5, 5.41) is 5.44. The molecule has 1 aliphatic heterocycles. The molecule has 2 amide bonds. The first-order valence-corrected chi connectivity index (χ1v) is 9.73. The van der Waals surface area contributed by atoms with E-state index in [4.69, 9.17) is 0 Å². The summed E-state index contributed by atoms with van der Waals surface area (Å²) in [4.78, 5) is 30.5. The number of anilines is 2. The number of amides is 2. The van der Waals surface area contributed by atoms with E-state index in [9.17, 15) is 9.59 Å². The molecule has 1 aromatic carbocycles. The Kier molecular flexibility index (Phi) is 4.29. The molecule has 1 N–H and O–H groups in total. The van der Waals surface area contributed by atoms with Gasteiger partial charge < -0.3 is 10.2 Å². The molecule has 2 aromatic rings. The molecule has 1 aromatic heterocycles. The number of fused-ring (bicyclic) bond motifs is 1. The molecular formula is C19H21N3O2S. The van der Waals surface area contributed by atoms with Crippen LogP contribution >= 0.6 is 11.3 Å². The molecule has 130 valence electrons. The Bertz CT molecular complexity index is 826. The van der Waals surface area contributed by atoms with Crippen LogP contribution < -0.4 is 10.2 Å². The van der Waals surface area contributed by atoms with Gasteiger partial charge in [-0.25, -0.2) is 4.98 Å². The summed E-state index contributed by atoms with van der Waals surface area (Å²) in [5.74, 6) is 0.533. The van der Waals surface area contributed by atoms with E-state index in [0.717, 1.165) is 49.2 Å². The number of carbonyl (C=O) groups is 2. The zero-order chi connectivity index (χ0) is 17.4. The molecule has 5 nitrogen and oxygen atoms in total. The summed E-state index contributed by atoms with van der Waals surface area (Å²) in [5.41, 5.74) is 4.15. The second-order valence-electron chi connectivity index (χ2n) is 6.69. The number of carbonyl (C=O) groups excluding carboxylic acids is 2. The summed E-state index contributed by atoms with van der Waals surface area (Å²) >= 11 is 1.44. The normalized spacial score (nSPS) is 16.0. The van der Waals surface area contributed by atoms with E-state index in [1.54, 1.807) is 0 Å². The molecule has 4 rings (SSSR count). The molecule has 25 heavy (non-hydrogen) atoms. The molecular weight excluding hydrogens is 334 g/mol. The summed E-state index contributed by atoms with van der Waals surface area (Å²) in [6.07, 6.45) is 4.30. The molecule has 0 unspecified atom stereocenters.